The normalized spacial score (nSPS) is 29.4. The van der Waals surface area contributed by atoms with E-state index in [0.717, 1.165) is 19.4 Å². The summed E-state index contributed by atoms with van der Waals surface area (Å²) in [6.45, 7) is 3.46. The van der Waals surface area contributed by atoms with Gasteiger partial charge in [0.1, 0.15) is 0 Å². The Balaban J connectivity index is 2.22. The smallest absolute Gasteiger partial charge is 0.389 e. The Labute approximate surface area is 88.1 Å². The lowest BCUT2D eigenvalue weighted by Gasteiger charge is -2.36. The average Bonchev–Trinajstić information content (AvgIpc) is 1.99. The predicted molar refractivity (Wildman–Crippen MR) is 51.6 cm³/mol. The third-order valence-corrected chi connectivity index (χ3v) is 2.69. The minimum absolute atomic E-state index is 0.125. The van der Waals surface area contributed by atoms with Crippen molar-refractivity contribution in [3.05, 3.63) is 0 Å². The van der Waals surface area contributed by atoms with Crippen LogP contribution < -0.4 is 0 Å². The number of nitrogens with zero attached hydrogens (tertiary/aromatic N) is 1. The van der Waals surface area contributed by atoms with Crippen LogP contribution in [0.3, 0.4) is 0 Å². The minimum Gasteiger partial charge on any atom is -0.389 e. The van der Waals surface area contributed by atoms with Crippen LogP contribution in [0.4, 0.5) is 13.2 Å². The molecule has 15 heavy (non-hydrogen) atoms. The van der Waals surface area contributed by atoms with Gasteiger partial charge in [-0.25, -0.2) is 0 Å². The Hall–Kier alpha value is -0.290. The number of aliphatic hydroxyl groups is 1. The van der Waals surface area contributed by atoms with Gasteiger partial charge in [0, 0.05) is 13.0 Å². The van der Waals surface area contributed by atoms with Crippen molar-refractivity contribution < 1.29 is 18.3 Å². The molecule has 0 bridgehead atoms. The van der Waals surface area contributed by atoms with Crippen LogP contribution in [-0.4, -0.2) is 41.4 Å². The van der Waals surface area contributed by atoms with Gasteiger partial charge in [-0.2, -0.15) is 13.2 Å². The maximum absolute atomic E-state index is 11.9. The molecule has 0 spiro atoms. The zero-order valence-corrected chi connectivity index (χ0v) is 8.98. The first kappa shape index (κ1) is 12.8. The average molecular weight is 225 g/mol. The molecular formula is C10H18F3NO. The second-order valence-electron chi connectivity index (χ2n) is 4.60. The highest BCUT2D eigenvalue weighted by atomic mass is 19.4. The molecule has 1 aliphatic rings. The fourth-order valence-corrected chi connectivity index (χ4v) is 2.02. The Morgan fingerprint density at radius 3 is 2.60 bits per heavy atom. The van der Waals surface area contributed by atoms with E-state index in [9.17, 15) is 18.3 Å². The van der Waals surface area contributed by atoms with E-state index in [0.29, 0.717) is 13.1 Å². The Bertz CT molecular complexity index is 203. The molecule has 0 aromatic rings. The largest absolute Gasteiger partial charge is 0.389 e. The van der Waals surface area contributed by atoms with E-state index in [-0.39, 0.29) is 6.42 Å². The molecule has 2 nitrogen and oxygen atoms in total. The van der Waals surface area contributed by atoms with Crippen LogP contribution in [0.2, 0.25) is 0 Å². The third kappa shape index (κ3) is 5.37. The van der Waals surface area contributed by atoms with Gasteiger partial charge in [0.05, 0.1) is 5.60 Å². The first-order chi connectivity index (χ1) is 6.79. The number of hydrogen-bond donors (Lipinski definition) is 1. The van der Waals surface area contributed by atoms with E-state index in [1.807, 2.05) is 4.90 Å². The summed E-state index contributed by atoms with van der Waals surface area (Å²) in [6, 6.07) is 0. The Morgan fingerprint density at radius 1 is 1.40 bits per heavy atom. The minimum atomic E-state index is -4.06. The van der Waals surface area contributed by atoms with E-state index >= 15 is 0 Å². The zero-order valence-electron chi connectivity index (χ0n) is 8.98. The number of piperidine rings is 1. The summed E-state index contributed by atoms with van der Waals surface area (Å²) in [4.78, 5) is 1.91. The highest BCUT2D eigenvalue weighted by Gasteiger charge is 2.30. The van der Waals surface area contributed by atoms with Gasteiger partial charge in [0.25, 0.3) is 0 Å². The van der Waals surface area contributed by atoms with Gasteiger partial charge in [-0.05, 0) is 39.3 Å². The zero-order chi connectivity index (χ0) is 11.5. The first-order valence-corrected chi connectivity index (χ1v) is 5.30. The lowest BCUT2D eigenvalue weighted by atomic mass is 9.95. The number of halogens is 3. The van der Waals surface area contributed by atoms with E-state index in [1.54, 1.807) is 6.92 Å². The molecule has 90 valence electrons. The molecule has 1 unspecified atom stereocenters. The topological polar surface area (TPSA) is 23.5 Å². The molecule has 1 atom stereocenters. The molecule has 0 radical (unpaired) electrons. The van der Waals surface area contributed by atoms with E-state index in [4.69, 9.17) is 0 Å². The molecule has 1 heterocycles. The molecule has 0 aromatic heterocycles. The van der Waals surface area contributed by atoms with Crippen molar-refractivity contribution in [2.24, 2.45) is 0 Å². The molecule has 1 saturated heterocycles. The molecule has 0 saturated carbocycles. The summed E-state index contributed by atoms with van der Waals surface area (Å²) >= 11 is 0. The quantitative estimate of drug-likeness (QED) is 0.795. The number of likely N-dealkylation sites (tertiary alicyclic amines) is 1. The van der Waals surface area contributed by atoms with Crippen molar-refractivity contribution in [3.63, 3.8) is 0 Å². The third-order valence-electron chi connectivity index (χ3n) is 2.69. The maximum Gasteiger partial charge on any atom is 0.389 e. The summed E-state index contributed by atoms with van der Waals surface area (Å²) < 4.78 is 35.7. The van der Waals surface area contributed by atoms with E-state index in [1.165, 1.54) is 0 Å². The molecule has 1 rings (SSSR count). The van der Waals surface area contributed by atoms with Crippen molar-refractivity contribution in [1.29, 1.82) is 0 Å². The van der Waals surface area contributed by atoms with Crippen LogP contribution in [0.5, 0.6) is 0 Å². The van der Waals surface area contributed by atoms with Crippen molar-refractivity contribution in [2.45, 2.75) is 44.4 Å². The molecule has 1 fully saturated rings. The van der Waals surface area contributed by atoms with Gasteiger partial charge >= 0.3 is 6.18 Å². The highest BCUT2D eigenvalue weighted by molar-refractivity contribution is 4.82. The fourth-order valence-electron chi connectivity index (χ4n) is 2.02. The summed E-state index contributed by atoms with van der Waals surface area (Å²) in [6.07, 6.45) is -3.06. The number of alkyl halides is 3. The van der Waals surface area contributed by atoms with Crippen LogP contribution in [0, 0.1) is 0 Å². The van der Waals surface area contributed by atoms with Gasteiger partial charge in [0.2, 0.25) is 0 Å². The van der Waals surface area contributed by atoms with Gasteiger partial charge < -0.3 is 10.0 Å². The predicted octanol–water partition coefficient (Wildman–Crippen LogP) is 2.18. The van der Waals surface area contributed by atoms with Gasteiger partial charge in [-0.15, -0.1) is 0 Å². The van der Waals surface area contributed by atoms with Crippen LogP contribution in [0.25, 0.3) is 0 Å². The molecule has 0 aliphatic carbocycles. The maximum atomic E-state index is 11.9. The fraction of sp³-hybridized carbons (Fsp3) is 1.00. The van der Waals surface area contributed by atoms with Gasteiger partial charge in [0.15, 0.2) is 0 Å². The second-order valence-corrected chi connectivity index (χ2v) is 4.60. The molecular weight excluding hydrogens is 207 g/mol. The summed E-state index contributed by atoms with van der Waals surface area (Å²) in [5.41, 5.74) is -0.726. The summed E-state index contributed by atoms with van der Waals surface area (Å²) in [7, 11) is 0. The summed E-state index contributed by atoms with van der Waals surface area (Å²) in [5.74, 6) is 0. The van der Waals surface area contributed by atoms with Gasteiger partial charge in [-0.3, -0.25) is 0 Å². The summed E-state index contributed by atoms with van der Waals surface area (Å²) in [5, 5.41) is 9.74. The number of hydrogen-bond acceptors (Lipinski definition) is 2. The Morgan fingerprint density at radius 2 is 2.07 bits per heavy atom. The van der Waals surface area contributed by atoms with Crippen molar-refractivity contribution >= 4 is 0 Å². The van der Waals surface area contributed by atoms with Crippen LogP contribution in [0.1, 0.15) is 32.6 Å². The standard InChI is InChI=1S/C10H18F3NO/c1-9(15)4-2-6-14(8-9)7-3-5-10(11,12)13/h15H,2-8H2,1H3. The van der Waals surface area contributed by atoms with E-state index < -0.39 is 18.2 Å². The molecule has 1 N–H and O–H groups in total. The van der Waals surface area contributed by atoms with Crippen LogP contribution >= 0.6 is 0 Å². The number of rotatable bonds is 3. The molecule has 0 amide bonds. The lowest BCUT2D eigenvalue weighted by molar-refractivity contribution is -0.136. The van der Waals surface area contributed by atoms with Crippen molar-refractivity contribution in [3.8, 4) is 0 Å². The van der Waals surface area contributed by atoms with Gasteiger partial charge in [-0.1, -0.05) is 0 Å². The van der Waals surface area contributed by atoms with E-state index in [2.05, 4.69) is 0 Å². The van der Waals surface area contributed by atoms with Crippen molar-refractivity contribution in [1.82, 2.24) is 4.90 Å². The monoisotopic (exact) mass is 225 g/mol. The first-order valence-electron chi connectivity index (χ1n) is 5.30. The second kappa shape index (κ2) is 4.70. The van der Waals surface area contributed by atoms with Crippen LogP contribution in [-0.2, 0) is 0 Å². The van der Waals surface area contributed by atoms with Crippen molar-refractivity contribution in [2.75, 3.05) is 19.6 Å². The highest BCUT2D eigenvalue weighted by Crippen LogP contribution is 2.24. The SMILES string of the molecule is CC1(O)CCCN(CCCC(F)(F)F)C1. The Kier molecular flexibility index (Phi) is 4.00. The van der Waals surface area contributed by atoms with Crippen LogP contribution in [0.15, 0.2) is 0 Å². The molecule has 1 aliphatic heterocycles. The molecule has 0 aromatic carbocycles. The lowest BCUT2D eigenvalue weighted by Crippen LogP contribution is -2.46. The number of β-amino-alcohol motifs (C(OH)–C–C–N with tert-alkyl or cyclic N) is 1. The molecule has 5 heteroatoms.